The van der Waals surface area contributed by atoms with E-state index in [9.17, 15) is 14.0 Å². The Morgan fingerprint density at radius 1 is 1.43 bits per heavy atom. The zero-order valence-corrected chi connectivity index (χ0v) is 10.8. The maximum Gasteiger partial charge on any atom is 0.328 e. The van der Waals surface area contributed by atoms with E-state index in [4.69, 9.17) is 5.11 Å². The van der Waals surface area contributed by atoms with Crippen molar-refractivity contribution in [2.24, 2.45) is 0 Å². The second-order valence-electron chi connectivity index (χ2n) is 4.20. The number of H-pyrrole nitrogens is 1. The Kier molecular flexibility index (Phi) is 4.45. The van der Waals surface area contributed by atoms with E-state index in [0.29, 0.717) is 5.56 Å². The average molecular weight is 289 g/mol. The lowest BCUT2D eigenvalue weighted by Gasteiger charge is -2.05. The number of hydrogen-bond donors (Lipinski definition) is 3. The van der Waals surface area contributed by atoms with Gasteiger partial charge in [-0.15, -0.1) is 0 Å². The van der Waals surface area contributed by atoms with Crippen molar-refractivity contribution in [1.29, 1.82) is 0 Å². The van der Waals surface area contributed by atoms with Crippen LogP contribution in [-0.4, -0.2) is 27.2 Å². The van der Waals surface area contributed by atoms with Gasteiger partial charge in [0.25, 0.3) is 5.91 Å². The van der Waals surface area contributed by atoms with Crippen LogP contribution in [0, 0.1) is 5.82 Å². The summed E-state index contributed by atoms with van der Waals surface area (Å²) in [5, 5.41) is 17.4. The van der Waals surface area contributed by atoms with Crippen molar-refractivity contribution in [2.45, 2.75) is 6.54 Å². The van der Waals surface area contributed by atoms with Crippen LogP contribution in [0.5, 0.6) is 0 Å². The van der Waals surface area contributed by atoms with Gasteiger partial charge in [0.05, 0.1) is 11.8 Å². The molecule has 0 radical (unpaired) electrons. The monoisotopic (exact) mass is 289 g/mol. The van der Waals surface area contributed by atoms with Gasteiger partial charge in [-0.05, 0) is 23.8 Å². The van der Waals surface area contributed by atoms with Gasteiger partial charge in [0, 0.05) is 24.4 Å². The lowest BCUT2D eigenvalue weighted by atomic mass is 10.1. The van der Waals surface area contributed by atoms with Gasteiger partial charge in [-0.3, -0.25) is 9.89 Å². The van der Waals surface area contributed by atoms with Crippen LogP contribution in [0.15, 0.2) is 36.7 Å². The van der Waals surface area contributed by atoms with Crippen LogP contribution in [-0.2, 0) is 11.3 Å². The van der Waals surface area contributed by atoms with Crippen LogP contribution in [0.1, 0.15) is 21.5 Å². The Bertz CT molecular complexity index is 681. The Balaban J connectivity index is 2.05. The molecule has 21 heavy (non-hydrogen) atoms. The molecule has 0 aliphatic heterocycles. The molecule has 6 nitrogen and oxygen atoms in total. The van der Waals surface area contributed by atoms with Gasteiger partial charge in [-0.25, -0.2) is 9.18 Å². The second-order valence-corrected chi connectivity index (χ2v) is 4.20. The van der Waals surface area contributed by atoms with Gasteiger partial charge >= 0.3 is 5.97 Å². The summed E-state index contributed by atoms with van der Waals surface area (Å²) in [5.74, 6) is -2.40. The fourth-order valence-electron chi connectivity index (χ4n) is 1.64. The number of benzene rings is 1. The first-order valence-electron chi connectivity index (χ1n) is 6.02. The van der Waals surface area contributed by atoms with E-state index in [1.807, 2.05) is 0 Å². The first-order chi connectivity index (χ1) is 10.1. The summed E-state index contributed by atoms with van der Waals surface area (Å²) in [6, 6.07) is 3.88. The summed E-state index contributed by atoms with van der Waals surface area (Å²) >= 11 is 0. The number of carboxylic acids is 1. The molecule has 0 saturated carbocycles. The van der Waals surface area contributed by atoms with Crippen LogP contribution in [0.4, 0.5) is 4.39 Å². The fraction of sp³-hybridized carbons (Fsp3) is 0.0714. The zero-order chi connectivity index (χ0) is 15.2. The van der Waals surface area contributed by atoms with Gasteiger partial charge in [-0.1, -0.05) is 6.07 Å². The maximum absolute atomic E-state index is 13.8. The van der Waals surface area contributed by atoms with Gasteiger partial charge in [0.15, 0.2) is 0 Å². The third kappa shape index (κ3) is 4.00. The normalized spacial score (nSPS) is 10.7. The van der Waals surface area contributed by atoms with Crippen LogP contribution >= 0.6 is 0 Å². The number of aromatic amines is 1. The van der Waals surface area contributed by atoms with Crippen molar-refractivity contribution < 1.29 is 19.1 Å². The van der Waals surface area contributed by atoms with Crippen molar-refractivity contribution in [3.8, 4) is 0 Å². The number of carbonyl (C=O) groups excluding carboxylic acids is 1. The molecule has 0 spiro atoms. The highest BCUT2D eigenvalue weighted by molar-refractivity contribution is 5.94. The number of carboxylic acid groups (broad SMARTS) is 1. The summed E-state index contributed by atoms with van der Waals surface area (Å²) in [5.41, 5.74) is 1.03. The minimum atomic E-state index is -1.13. The predicted octanol–water partition coefficient (Wildman–Crippen LogP) is 1.58. The molecule has 1 aromatic carbocycles. The van der Waals surface area contributed by atoms with Crippen molar-refractivity contribution in [2.75, 3.05) is 0 Å². The number of nitrogens with one attached hydrogen (secondary N) is 2. The largest absolute Gasteiger partial charge is 0.478 e. The number of carbonyl (C=O) groups is 2. The van der Waals surface area contributed by atoms with E-state index in [1.165, 1.54) is 18.2 Å². The molecule has 2 rings (SSSR count). The molecule has 1 aromatic heterocycles. The summed E-state index contributed by atoms with van der Waals surface area (Å²) < 4.78 is 13.8. The van der Waals surface area contributed by atoms with E-state index in [2.05, 4.69) is 15.5 Å². The molecule has 0 atom stereocenters. The summed E-state index contributed by atoms with van der Waals surface area (Å²) in [6.07, 6.45) is 5.32. The number of aromatic nitrogens is 2. The van der Waals surface area contributed by atoms with Gasteiger partial charge in [0.2, 0.25) is 0 Å². The summed E-state index contributed by atoms with van der Waals surface area (Å²) in [4.78, 5) is 22.2. The van der Waals surface area contributed by atoms with E-state index in [-0.39, 0.29) is 12.1 Å². The third-order valence-corrected chi connectivity index (χ3v) is 2.66. The Labute approximate surface area is 119 Å². The van der Waals surface area contributed by atoms with Crippen molar-refractivity contribution in [3.05, 3.63) is 59.2 Å². The molecule has 0 bridgehead atoms. The SMILES string of the molecule is O=C(O)C=Cc1ccc(C(=O)NCc2cn[nH]c2)c(F)c1. The fourth-order valence-corrected chi connectivity index (χ4v) is 1.64. The molecule has 108 valence electrons. The smallest absolute Gasteiger partial charge is 0.328 e. The minimum Gasteiger partial charge on any atom is -0.478 e. The van der Waals surface area contributed by atoms with Gasteiger partial charge in [-0.2, -0.15) is 5.10 Å². The molecule has 0 saturated heterocycles. The average Bonchev–Trinajstić information content (AvgIpc) is 2.96. The van der Waals surface area contributed by atoms with E-state index in [0.717, 1.165) is 17.7 Å². The topological polar surface area (TPSA) is 95.1 Å². The van der Waals surface area contributed by atoms with Crippen molar-refractivity contribution in [1.82, 2.24) is 15.5 Å². The number of rotatable bonds is 5. The molecule has 0 fully saturated rings. The summed E-state index contributed by atoms with van der Waals surface area (Å²) in [6.45, 7) is 0.232. The molecule has 2 aromatic rings. The first-order valence-corrected chi connectivity index (χ1v) is 6.02. The quantitative estimate of drug-likeness (QED) is 0.728. The number of aliphatic carboxylic acids is 1. The standard InChI is InChI=1S/C14H12FN3O3/c15-12-5-9(2-4-13(19)20)1-3-11(12)14(21)16-6-10-7-17-18-8-10/h1-5,7-8H,6H2,(H,16,21)(H,17,18)(H,19,20). The molecule has 0 aliphatic carbocycles. The van der Waals surface area contributed by atoms with Crippen LogP contribution in [0.2, 0.25) is 0 Å². The minimum absolute atomic E-state index is 0.106. The molecule has 0 aliphatic rings. The molecule has 7 heteroatoms. The van der Waals surface area contributed by atoms with Crippen molar-refractivity contribution >= 4 is 18.0 Å². The number of halogens is 1. The second kappa shape index (κ2) is 6.47. The van der Waals surface area contributed by atoms with Crippen LogP contribution in [0.25, 0.3) is 6.08 Å². The molecule has 1 amide bonds. The Morgan fingerprint density at radius 2 is 2.24 bits per heavy atom. The summed E-state index contributed by atoms with van der Waals surface area (Å²) in [7, 11) is 0. The van der Waals surface area contributed by atoms with Gasteiger partial charge in [0.1, 0.15) is 5.82 Å². The molecular formula is C14H12FN3O3. The maximum atomic E-state index is 13.8. The van der Waals surface area contributed by atoms with E-state index >= 15 is 0 Å². The number of amides is 1. The lowest BCUT2D eigenvalue weighted by Crippen LogP contribution is -2.23. The Morgan fingerprint density at radius 3 is 2.86 bits per heavy atom. The molecular weight excluding hydrogens is 277 g/mol. The van der Waals surface area contributed by atoms with E-state index < -0.39 is 17.7 Å². The highest BCUT2D eigenvalue weighted by Gasteiger charge is 2.11. The van der Waals surface area contributed by atoms with E-state index in [1.54, 1.807) is 12.4 Å². The lowest BCUT2D eigenvalue weighted by molar-refractivity contribution is -0.131. The Hall–Kier alpha value is -2.96. The molecule has 1 heterocycles. The molecule has 3 N–H and O–H groups in total. The van der Waals surface area contributed by atoms with Crippen LogP contribution in [0.3, 0.4) is 0 Å². The third-order valence-electron chi connectivity index (χ3n) is 2.66. The number of hydrogen-bond acceptors (Lipinski definition) is 3. The highest BCUT2D eigenvalue weighted by atomic mass is 19.1. The highest BCUT2D eigenvalue weighted by Crippen LogP contribution is 2.12. The zero-order valence-electron chi connectivity index (χ0n) is 10.8. The predicted molar refractivity (Wildman–Crippen MR) is 72.8 cm³/mol. The molecule has 0 unspecified atom stereocenters. The first kappa shape index (κ1) is 14.4. The van der Waals surface area contributed by atoms with Gasteiger partial charge < -0.3 is 10.4 Å². The number of nitrogens with zero attached hydrogens (tertiary/aromatic N) is 1. The van der Waals surface area contributed by atoms with Crippen molar-refractivity contribution in [3.63, 3.8) is 0 Å². The van der Waals surface area contributed by atoms with Crippen LogP contribution < -0.4 is 5.32 Å².